The molecule has 1 saturated carbocycles. The highest BCUT2D eigenvalue weighted by molar-refractivity contribution is 5.75. The van der Waals surface area contributed by atoms with Gasteiger partial charge in [0.15, 0.2) is 0 Å². The standard InChI is InChI=1S/C12H24N2O/c1-4-13-11(15)7-9-14-10-6-5-8-12(10,2)3/h10,14H,4-9H2,1-3H3,(H,13,15). The van der Waals surface area contributed by atoms with Gasteiger partial charge in [-0.25, -0.2) is 0 Å². The molecule has 0 bridgehead atoms. The molecule has 0 spiro atoms. The van der Waals surface area contributed by atoms with Crippen LogP contribution in [0.25, 0.3) is 0 Å². The molecule has 3 heteroatoms. The minimum absolute atomic E-state index is 0.154. The van der Waals surface area contributed by atoms with Gasteiger partial charge in [-0.05, 0) is 25.2 Å². The summed E-state index contributed by atoms with van der Waals surface area (Å²) in [6, 6.07) is 0.590. The van der Waals surface area contributed by atoms with E-state index in [0.29, 0.717) is 17.9 Å². The van der Waals surface area contributed by atoms with Crippen LogP contribution in [0.4, 0.5) is 0 Å². The fourth-order valence-electron chi connectivity index (χ4n) is 2.35. The van der Waals surface area contributed by atoms with Crippen molar-refractivity contribution in [2.75, 3.05) is 13.1 Å². The van der Waals surface area contributed by atoms with Crippen molar-refractivity contribution in [1.29, 1.82) is 0 Å². The Hall–Kier alpha value is -0.570. The highest BCUT2D eigenvalue weighted by Gasteiger charge is 2.33. The van der Waals surface area contributed by atoms with Crippen molar-refractivity contribution < 1.29 is 4.79 Å². The largest absolute Gasteiger partial charge is 0.356 e. The third-order valence-corrected chi connectivity index (χ3v) is 3.37. The Kier molecular flexibility index (Phi) is 4.58. The molecule has 0 aromatic carbocycles. The molecule has 3 nitrogen and oxygen atoms in total. The van der Waals surface area contributed by atoms with Gasteiger partial charge in [-0.1, -0.05) is 20.3 Å². The molecule has 15 heavy (non-hydrogen) atoms. The Labute approximate surface area is 93.0 Å². The SMILES string of the molecule is CCNC(=O)CCNC1CCCC1(C)C. The Morgan fingerprint density at radius 3 is 2.73 bits per heavy atom. The molecule has 0 aromatic heterocycles. The van der Waals surface area contributed by atoms with Crippen molar-refractivity contribution >= 4 is 5.91 Å². The van der Waals surface area contributed by atoms with E-state index in [1.165, 1.54) is 19.3 Å². The van der Waals surface area contributed by atoms with E-state index >= 15 is 0 Å². The highest BCUT2D eigenvalue weighted by atomic mass is 16.1. The zero-order valence-corrected chi connectivity index (χ0v) is 10.2. The third-order valence-electron chi connectivity index (χ3n) is 3.37. The molecule has 2 N–H and O–H groups in total. The maximum atomic E-state index is 11.2. The van der Waals surface area contributed by atoms with Crippen LogP contribution in [-0.4, -0.2) is 25.0 Å². The normalized spacial score (nSPS) is 24.1. The van der Waals surface area contributed by atoms with Crippen LogP contribution in [0.15, 0.2) is 0 Å². The molecule has 1 aliphatic carbocycles. The minimum Gasteiger partial charge on any atom is -0.356 e. The van der Waals surface area contributed by atoms with Crippen LogP contribution in [0.3, 0.4) is 0 Å². The summed E-state index contributed by atoms with van der Waals surface area (Å²) in [4.78, 5) is 11.2. The van der Waals surface area contributed by atoms with Crippen molar-refractivity contribution in [3.05, 3.63) is 0 Å². The van der Waals surface area contributed by atoms with Gasteiger partial charge in [0.25, 0.3) is 0 Å². The van der Waals surface area contributed by atoms with Gasteiger partial charge in [0.05, 0.1) is 0 Å². The predicted molar refractivity (Wildman–Crippen MR) is 62.7 cm³/mol. The van der Waals surface area contributed by atoms with E-state index in [1.807, 2.05) is 6.92 Å². The monoisotopic (exact) mass is 212 g/mol. The number of rotatable bonds is 5. The van der Waals surface area contributed by atoms with Crippen LogP contribution in [0.1, 0.15) is 46.5 Å². The molecule has 0 aromatic rings. The number of nitrogens with one attached hydrogen (secondary N) is 2. The van der Waals surface area contributed by atoms with Crippen LogP contribution in [-0.2, 0) is 4.79 Å². The molecular weight excluding hydrogens is 188 g/mol. The van der Waals surface area contributed by atoms with Crippen molar-refractivity contribution in [3.8, 4) is 0 Å². The summed E-state index contributed by atoms with van der Waals surface area (Å²) in [6.45, 7) is 8.10. The first-order valence-corrected chi connectivity index (χ1v) is 6.06. The lowest BCUT2D eigenvalue weighted by atomic mass is 9.87. The average molecular weight is 212 g/mol. The van der Waals surface area contributed by atoms with Gasteiger partial charge in [0.2, 0.25) is 5.91 Å². The fraction of sp³-hybridized carbons (Fsp3) is 0.917. The number of hydrogen-bond acceptors (Lipinski definition) is 2. The molecule has 1 rings (SSSR count). The second-order valence-electron chi connectivity index (χ2n) is 5.09. The second kappa shape index (κ2) is 5.50. The predicted octanol–water partition coefficient (Wildman–Crippen LogP) is 1.68. The van der Waals surface area contributed by atoms with E-state index in [4.69, 9.17) is 0 Å². The minimum atomic E-state index is 0.154. The molecule has 88 valence electrons. The first-order valence-electron chi connectivity index (χ1n) is 6.06. The van der Waals surface area contributed by atoms with E-state index in [1.54, 1.807) is 0 Å². The van der Waals surface area contributed by atoms with E-state index in [-0.39, 0.29) is 5.91 Å². The quantitative estimate of drug-likeness (QED) is 0.728. The Morgan fingerprint density at radius 1 is 1.47 bits per heavy atom. The molecule has 0 saturated heterocycles. The van der Waals surface area contributed by atoms with Gasteiger partial charge in [-0.15, -0.1) is 0 Å². The molecular formula is C12H24N2O. The summed E-state index contributed by atoms with van der Waals surface area (Å²) in [7, 11) is 0. The molecule has 1 atom stereocenters. The van der Waals surface area contributed by atoms with Crippen LogP contribution < -0.4 is 10.6 Å². The van der Waals surface area contributed by atoms with Crippen molar-refractivity contribution in [3.63, 3.8) is 0 Å². The van der Waals surface area contributed by atoms with Gasteiger partial charge in [0, 0.05) is 25.6 Å². The number of amides is 1. The summed E-state index contributed by atoms with van der Waals surface area (Å²) >= 11 is 0. The Bertz CT molecular complexity index is 214. The summed E-state index contributed by atoms with van der Waals surface area (Å²) < 4.78 is 0. The molecule has 0 heterocycles. The summed E-state index contributed by atoms with van der Waals surface area (Å²) in [5.74, 6) is 0.154. The van der Waals surface area contributed by atoms with E-state index in [2.05, 4.69) is 24.5 Å². The molecule has 1 unspecified atom stereocenters. The zero-order chi connectivity index (χ0) is 11.3. The van der Waals surface area contributed by atoms with Crippen LogP contribution in [0.5, 0.6) is 0 Å². The summed E-state index contributed by atoms with van der Waals surface area (Å²) in [6.07, 6.45) is 4.46. The molecule has 0 radical (unpaired) electrons. The Balaban J connectivity index is 2.17. The third kappa shape index (κ3) is 3.82. The molecule has 0 aliphatic heterocycles. The summed E-state index contributed by atoms with van der Waals surface area (Å²) in [5, 5.41) is 6.31. The first-order chi connectivity index (χ1) is 7.06. The number of carbonyl (C=O) groups excluding carboxylic acids is 1. The van der Waals surface area contributed by atoms with Gasteiger partial charge >= 0.3 is 0 Å². The van der Waals surface area contributed by atoms with E-state index in [0.717, 1.165) is 13.1 Å². The van der Waals surface area contributed by atoms with Gasteiger partial charge in [-0.3, -0.25) is 4.79 Å². The number of carbonyl (C=O) groups is 1. The maximum absolute atomic E-state index is 11.2. The van der Waals surface area contributed by atoms with Gasteiger partial charge < -0.3 is 10.6 Å². The smallest absolute Gasteiger partial charge is 0.221 e. The van der Waals surface area contributed by atoms with Crippen molar-refractivity contribution in [2.24, 2.45) is 5.41 Å². The van der Waals surface area contributed by atoms with E-state index in [9.17, 15) is 4.79 Å². The van der Waals surface area contributed by atoms with Crippen LogP contribution >= 0.6 is 0 Å². The number of hydrogen-bond donors (Lipinski definition) is 2. The fourth-order valence-corrected chi connectivity index (χ4v) is 2.35. The first kappa shape index (κ1) is 12.5. The highest BCUT2D eigenvalue weighted by Crippen LogP contribution is 2.36. The molecule has 1 fully saturated rings. The van der Waals surface area contributed by atoms with Crippen molar-refractivity contribution in [1.82, 2.24) is 10.6 Å². The lowest BCUT2D eigenvalue weighted by molar-refractivity contribution is -0.120. The molecule has 1 aliphatic rings. The van der Waals surface area contributed by atoms with Gasteiger partial charge in [0.1, 0.15) is 0 Å². The maximum Gasteiger partial charge on any atom is 0.221 e. The van der Waals surface area contributed by atoms with E-state index < -0.39 is 0 Å². The lowest BCUT2D eigenvalue weighted by Crippen LogP contribution is -2.39. The lowest BCUT2D eigenvalue weighted by Gasteiger charge is -2.27. The zero-order valence-electron chi connectivity index (χ0n) is 10.2. The van der Waals surface area contributed by atoms with Gasteiger partial charge in [-0.2, -0.15) is 0 Å². The second-order valence-corrected chi connectivity index (χ2v) is 5.09. The average Bonchev–Trinajstić information content (AvgIpc) is 2.46. The topological polar surface area (TPSA) is 41.1 Å². The van der Waals surface area contributed by atoms with Crippen LogP contribution in [0.2, 0.25) is 0 Å². The van der Waals surface area contributed by atoms with Crippen molar-refractivity contribution in [2.45, 2.75) is 52.5 Å². The van der Waals surface area contributed by atoms with Crippen LogP contribution in [0, 0.1) is 5.41 Å². The Morgan fingerprint density at radius 2 is 2.20 bits per heavy atom. The summed E-state index contributed by atoms with van der Waals surface area (Å²) in [5.41, 5.74) is 0.404. The molecule has 1 amide bonds.